The van der Waals surface area contributed by atoms with Gasteiger partial charge >= 0.3 is 0 Å². The highest BCUT2D eigenvalue weighted by Gasteiger charge is 2.50. The molecule has 0 aromatic carbocycles. The Morgan fingerprint density at radius 2 is 2.04 bits per heavy atom. The number of aliphatic hydroxyl groups is 1. The highest BCUT2D eigenvalue weighted by molar-refractivity contribution is 5.84. The van der Waals surface area contributed by atoms with Crippen molar-refractivity contribution >= 4 is 18.3 Å². The molecule has 7 nitrogen and oxygen atoms in total. The molecule has 0 bridgehead atoms. The van der Waals surface area contributed by atoms with Crippen LogP contribution in [-0.4, -0.2) is 40.0 Å². The minimum absolute atomic E-state index is 0.221. The Labute approximate surface area is 141 Å². The van der Waals surface area contributed by atoms with Crippen molar-refractivity contribution in [3.8, 4) is 0 Å². The monoisotopic (exact) mass is 331 g/mol. The van der Waals surface area contributed by atoms with Gasteiger partial charge in [-0.3, -0.25) is 14.5 Å². The predicted octanol–water partition coefficient (Wildman–Crippen LogP) is 0.993. The van der Waals surface area contributed by atoms with Crippen LogP contribution in [0.25, 0.3) is 0 Å². The molecule has 1 heterocycles. The average Bonchev–Trinajstić information content (AvgIpc) is 3.15. The second kappa shape index (κ2) is 6.05. The van der Waals surface area contributed by atoms with Gasteiger partial charge in [-0.2, -0.15) is 5.10 Å². The van der Waals surface area contributed by atoms with Crippen LogP contribution in [0.15, 0.2) is 16.8 Å². The van der Waals surface area contributed by atoms with Crippen molar-refractivity contribution in [1.82, 2.24) is 9.78 Å². The molecule has 2 aliphatic carbocycles. The molecule has 24 heavy (non-hydrogen) atoms. The van der Waals surface area contributed by atoms with Crippen LogP contribution < -0.4 is 11.5 Å². The maximum absolute atomic E-state index is 11.4. The summed E-state index contributed by atoms with van der Waals surface area (Å²) in [5.41, 5.74) is 12.7. The van der Waals surface area contributed by atoms with Crippen LogP contribution in [0.4, 0.5) is 5.82 Å². The first-order chi connectivity index (χ1) is 11.4. The predicted molar refractivity (Wildman–Crippen MR) is 92.8 cm³/mol. The lowest BCUT2D eigenvalue weighted by Crippen LogP contribution is -2.30. The van der Waals surface area contributed by atoms with Crippen molar-refractivity contribution in [1.29, 1.82) is 0 Å². The summed E-state index contributed by atoms with van der Waals surface area (Å²) in [7, 11) is 3.42. The standard InChI is InChI=1S/C17H25N5O2/c1-20-8-13(7-18)17(24)5-11-3-10(4-12(11)6-17)15-14(9-23)16(19)22(2)21-15/h7-12,24H,3-6,18-19H2,1-2H3/b13-7+,20-8?. The highest BCUT2D eigenvalue weighted by Crippen LogP contribution is 2.55. The Bertz CT molecular complexity index is 692. The van der Waals surface area contributed by atoms with E-state index in [-0.39, 0.29) is 5.92 Å². The highest BCUT2D eigenvalue weighted by atomic mass is 16.3. The normalized spacial score (nSPS) is 33.3. The second-order valence-corrected chi connectivity index (χ2v) is 7.06. The Morgan fingerprint density at radius 1 is 1.42 bits per heavy atom. The first kappa shape index (κ1) is 16.7. The van der Waals surface area contributed by atoms with Crippen molar-refractivity contribution in [3.63, 3.8) is 0 Å². The van der Waals surface area contributed by atoms with E-state index in [0.29, 0.717) is 41.6 Å². The molecule has 1 aromatic rings. The van der Waals surface area contributed by atoms with Gasteiger partial charge in [-0.05, 0) is 37.5 Å². The van der Waals surface area contributed by atoms with Crippen LogP contribution in [0.3, 0.4) is 0 Å². The number of carbonyl (C=O) groups excluding carboxylic acids is 1. The second-order valence-electron chi connectivity index (χ2n) is 7.06. The van der Waals surface area contributed by atoms with Crippen molar-refractivity contribution in [3.05, 3.63) is 23.0 Å². The molecule has 2 unspecified atom stereocenters. The fraction of sp³-hybridized carbons (Fsp3) is 0.588. The molecular weight excluding hydrogens is 306 g/mol. The van der Waals surface area contributed by atoms with Gasteiger partial charge in [0.25, 0.3) is 0 Å². The molecule has 0 spiro atoms. The van der Waals surface area contributed by atoms with Gasteiger partial charge in [0.1, 0.15) is 5.82 Å². The number of carbonyl (C=O) groups is 1. The molecule has 1 aromatic heterocycles. The van der Waals surface area contributed by atoms with E-state index in [1.54, 1.807) is 25.0 Å². The summed E-state index contributed by atoms with van der Waals surface area (Å²) in [6.45, 7) is 0. The topological polar surface area (TPSA) is 120 Å². The third kappa shape index (κ3) is 2.53. The molecule has 2 atom stereocenters. The van der Waals surface area contributed by atoms with Gasteiger partial charge in [0.15, 0.2) is 6.29 Å². The molecule has 130 valence electrons. The lowest BCUT2D eigenvalue weighted by molar-refractivity contribution is 0.0820. The number of anilines is 1. The van der Waals surface area contributed by atoms with Crippen molar-refractivity contribution in [2.24, 2.45) is 29.6 Å². The molecule has 0 aliphatic heterocycles. The van der Waals surface area contributed by atoms with Gasteiger partial charge in [0.05, 0.1) is 16.9 Å². The molecule has 2 saturated carbocycles. The van der Waals surface area contributed by atoms with E-state index < -0.39 is 5.60 Å². The zero-order chi connectivity index (χ0) is 17.5. The van der Waals surface area contributed by atoms with Crippen LogP contribution in [0.1, 0.15) is 47.7 Å². The van der Waals surface area contributed by atoms with Gasteiger partial charge in [0.2, 0.25) is 0 Å². The van der Waals surface area contributed by atoms with Gasteiger partial charge < -0.3 is 16.6 Å². The zero-order valence-electron chi connectivity index (χ0n) is 14.1. The number of rotatable bonds is 4. The van der Waals surface area contributed by atoms with Crippen molar-refractivity contribution < 1.29 is 9.90 Å². The van der Waals surface area contributed by atoms with E-state index in [0.717, 1.165) is 24.8 Å². The number of hydrogen-bond acceptors (Lipinski definition) is 6. The Morgan fingerprint density at radius 3 is 2.54 bits per heavy atom. The third-order valence-electron chi connectivity index (χ3n) is 5.69. The number of aldehydes is 1. The third-order valence-corrected chi connectivity index (χ3v) is 5.69. The number of aliphatic imine (C=N–C) groups is 1. The Kier molecular flexibility index (Phi) is 4.21. The van der Waals surface area contributed by atoms with Crippen LogP contribution in [-0.2, 0) is 7.05 Å². The van der Waals surface area contributed by atoms with Crippen LogP contribution in [0.5, 0.6) is 0 Å². The maximum Gasteiger partial charge on any atom is 0.155 e. The Balaban J connectivity index is 1.78. The lowest BCUT2D eigenvalue weighted by Gasteiger charge is -2.25. The van der Waals surface area contributed by atoms with E-state index >= 15 is 0 Å². The van der Waals surface area contributed by atoms with E-state index in [9.17, 15) is 9.90 Å². The average molecular weight is 331 g/mol. The molecule has 0 saturated heterocycles. The summed E-state index contributed by atoms with van der Waals surface area (Å²) >= 11 is 0. The largest absolute Gasteiger partial charge is 0.404 e. The summed E-state index contributed by atoms with van der Waals surface area (Å²) in [5.74, 6) is 1.42. The number of fused-ring (bicyclic) bond motifs is 1. The minimum atomic E-state index is -0.898. The van der Waals surface area contributed by atoms with Gasteiger partial charge in [-0.15, -0.1) is 0 Å². The molecular formula is C17H25N5O2. The molecule has 2 aliphatic rings. The Hall–Kier alpha value is -2.15. The summed E-state index contributed by atoms with van der Waals surface area (Å²) < 4.78 is 1.57. The molecule has 2 fully saturated rings. The number of nitrogens with zero attached hydrogens (tertiary/aromatic N) is 3. The summed E-state index contributed by atoms with van der Waals surface area (Å²) in [4.78, 5) is 15.3. The molecule has 7 heteroatoms. The first-order valence-electron chi connectivity index (χ1n) is 8.28. The number of hydrogen-bond donors (Lipinski definition) is 3. The minimum Gasteiger partial charge on any atom is -0.404 e. The lowest BCUT2D eigenvalue weighted by atomic mass is 9.87. The number of aryl methyl sites for hydroxylation is 1. The number of nitrogens with two attached hydrogens (primary N) is 2. The van der Waals surface area contributed by atoms with Gasteiger partial charge in [-0.1, -0.05) is 0 Å². The number of nitrogen functional groups attached to an aromatic ring is 1. The van der Waals surface area contributed by atoms with E-state index in [1.807, 2.05) is 0 Å². The van der Waals surface area contributed by atoms with Crippen molar-refractivity contribution in [2.75, 3.05) is 12.8 Å². The van der Waals surface area contributed by atoms with E-state index in [1.165, 1.54) is 6.20 Å². The maximum atomic E-state index is 11.4. The quantitative estimate of drug-likeness (QED) is 0.561. The van der Waals surface area contributed by atoms with Gasteiger partial charge in [0, 0.05) is 38.0 Å². The van der Waals surface area contributed by atoms with Gasteiger partial charge in [-0.25, -0.2) is 0 Å². The smallest absolute Gasteiger partial charge is 0.155 e. The van der Waals surface area contributed by atoms with Crippen LogP contribution in [0.2, 0.25) is 0 Å². The van der Waals surface area contributed by atoms with Crippen molar-refractivity contribution in [2.45, 2.75) is 37.2 Å². The van der Waals surface area contributed by atoms with Crippen LogP contribution >= 0.6 is 0 Å². The van der Waals surface area contributed by atoms with Crippen LogP contribution in [0, 0.1) is 11.8 Å². The van der Waals surface area contributed by atoms with E-state index in [2.05, 4.69) is 10.1 Å². The first-order valence-corrected chi connectivity index (χ1v) is 8.28. The summed E-state index contributed by atoms with van der Waals surface area (Å²) in [6.07, 6.45) is 7.05. The fourth-order valence-electron chi connectivity index (χ4n) is 4.58. The molecule has 0 amide bonds. The molecule has 0 radical (unpaired) electrons. The molecule has 5 N–H and O–H groups in total. The van der Waals surface area contributed by atoms with E-state index in [4.69, 9.17) is 11.5 Å². The fourth-order valence-corrected chi connectivity index (χ4v) is 4.58. The number of aromatic nitrogens is 2. The summed E-state index contributed by atoms with van der Waals surface area (Å²) in [5, 5.41) is 15.4. The summed E-state index contributed by atoms with van der Waals surface area (Å²) in [6, 6.07) is 0. The SMILES string of the molecule is CN=C/C(=C\N)C1(O)CC2CC(c3nn(C)c(N)c3C=O)CC2C1. The zero-order valence-corrected chi connectivity index (χ0v) is 14.1. The molecule has 3 rings (SSSR count).